The molecule has 0 spiro atoms. The summed E-state index contributed by atoms with van der Waals surface area (Å²) in [7, 11) is 0. The van der Waals surface area contributed by atoms with Crippen molar-refractivity contribution in [3.63, 3.8) is 0 Å². The van der Waals surface area contributed by atoms with E-state index in [1.54, 1.807) is 12.2 Å². The summed E-state index contributed by atoms with van der Waals surface area (Å²) in [5.74, 6) is 1.66. The average molecular weight is 507 g/mol. The number of aromatic nitrogens is 4. The molecule has 5 aromatic rings. The van der Waals surface area contributed by atoms with Gasteiger partial charge in [0.05, 0.1) is 11.0 Å². The molecule has 0 saturated carbocycles. The first-order valence-corrected chi connectivity index (χ1v) is 12.9. The summed E-state index contributed by atoms with van der Waals surface area (Å²) in [6.07, 6.45) is 10.2. The molecule has 0 bridgehead atoms. The predicted octanol–water partition coefficient (Wildman–Crippen LogP) is 8.93. The van der Waals surface area contributed by atoms with Gasteiger partial charge >= 0.3 is 0 Å². The Morgan fingerprint density at radius 1 is 0.795 bits per heavy atom. The van der Waals surface area contributed by atoms with Crippen LogP contribution >= 0.6 is 0 Å². The minimum Gasteiger partial charge on any atom is -0.278 e. The maximum absolute atomic E-state index is 4.96. The van der Waals surface area contributed by atoms with E-state index in [9.17, 15) is 0 Å². The number of para-hydroxylation sites is 1. The highest BCUT2D eigenvalue weighted by Gasteiger charge is 2.18. The zero-order valence-corrected chi connectivity index (χ0v) is 22.1. The summed E-state index contributed by atoms with van der Waals surface area (Å²) in [5, 5.41) is 2.22. The van der Waals surface area contributed by atoms with Gasteiger partial charge in [-0.15, -0.1) is 0 Å². The Hall–Kier alpha value is -5.09. The third-order valence-corrected chi connectivity index (χ3v) is 6.67. The van der Waals surface area contributed by atoms with E-state index in [2.05, 4.69) is 80.3 Å². The molecule has 4 heteroatoms. The lowest BCUT2D eigenvalue weighted by Crippen LogP contribution is -2.07. The fraction of sp³-hybridized carbons (Fsp3) is 0.0571. The second-order valence-electron chi connectivity index (χ2n) is 9.11. The molecule has 0 aliphatic rings. The number of rotatable bonds is 9. The number of nitrogens with zero attached hydrogens (tertiary/aromatic N) is 4. The lowest BCUT2D eigenvalue weighted by atomic mass is 10.0. The monoisotopic (exact) mass is 506 g/mol. The number of fused-ring (bicyclic) bond motifs is 3. The predicted molar refractivity (Wildman–Crippen MR) is 166 cm³/mol. The molecule has 39 heavy (non-hydrogen) atoms. The van der Waals surface area contributed by atoms with Gasteiger partial charge in [0.15, 0.2) is 11.6 Å². The Kier molecular flexibility index (Phi) is 7.28. The summed E-state index contributed by atoms with van der Waals surface area (Å²) in [6, 6.07) is 24.7. The van der Waals surface area contributed by atoms with Crippen LogP contribution in [0.1, 0.15) is 24.7 Å². The van der Waals surface area contributed by atoms with Crippen molar-refractivity contribution < 1.29 is 0 Å². The van der Waals surface area contributed by atoms with Crippen molar-refractivity contribution in [1.29, 1.82) is 0 Å². The minimum atomic E-state index is 0.534. The van der Waals surface area contributed by atoms with Crippen molar-refractivity contribution in [3.8, 4) is 17.3 Å². The number of hydrogen-bond acceptors (Lipinski definition) is 3. The SMILES string of the molecule is C=C/C=C(\C=C)c1nc(-c2ccccc2)nc(-n2c3ccccc3c3cc(/C(C=C)=C/C(=C)CC)ccc32)n1. The Bertz CT molecular complexity index is 1800. The second kappa shape index (κ2) is 11.1. The minimum absolute atomic E-state index is 0.534. The number of benzene rings is 3. The molecule has 0 unspecified atom stereocenters. The maximum atomic E-state index is 4.96. The van der Waals surface area contributed by atoms with Gasteiger partial charge in [-0.2, -0.15) is 9.97 Å². The van der Waals surface area contributed by atoms with Crippen molar-refractivity contribution in [2.45, 2.75) is 13.3 Å². The Morgan fingerprint density at radius 2 is 1.51 bits per heavy atom. The van der Waals surface area contributed by atoms with Gasteiger partial charge in [0, 0.05) is 21.9 Å². The molecule has 0 fully saturated rings. The van der Waals surface area contributed by atoms with Gasteiger partial charge in [0.2, 0.25) is 5.95 Å². The first kappa shape index (κ1) is 25.6. The molecule has 3 aromatic carbocycles. The van der Waals surface area contributed by atoms with E-state index >= 15 is 0 Å². The van der Waals surface area contributed by atoms with Gasteiger partial charge in [-0.25, -0.2) is 4.98 Å². The van der Waals surface area contributed by atoms with E-state index in [-0.39, 0.29) is 0 Å². The molecule has 0 aliphatic carbocycles. The molecular formula is C35H30N4. The van der Waals surface area contributed by atoms with Crippen molar-refractivity contribution in [2.75, 3.05) is 0 Å². The van der Waals surface area contributed by atoms with Crippen LogP contribution in [0.3, 0.4) is 0 Å². The Labute approximate surface area is 229 Å². The molecule has 5 rings (SSSR count). The molecule has 0 saturated heterocycles. The molecule has 2 heterocycles. The average Bonchev–Trinajstić information content (AvgIpc) is 3.32. The van der Waals surface area contributed by atoms with Crippen LogP contribution in [0.25, 0.3) is 50.3 Å². The molecular weight excluding hydrogens is 476 g/mol. The topological polar surface area (TPSA) is 43.6 Å². The first-order valence-electron chi connectivity index (χ1n) is 12.9. The third kappa shape index (κ3) is 4.92. The van der Waals surface area contributed by atoms with Gasteiger partial charge in [-0.3, -0.25) is 4.57 Å². The molecule has 0 amide bonds. The summed E-state index contributed by atoms with van der Waals surface area (Å²) < 4.78 is 2.10. The van der Waals surface area contributed by atoms with E-state index in [0.29, 0.717) is 17.6 Å². The Morgan fingerprint density at radius 3 is 2.23 bits per heavy atom. The fourth-order valence-corrected chi connectivity index (χ4v) is 4.62. The third-order valence-electron chi connectivity index (χ3n) is 6.67. The van der Waals surface area contributed by atoms with Gasteiger partial charge < -0.3 is 0 Å². The van der Waals surface area contributed by atoms with E-state index in [1.165, 1.54) is 0 Å². The zero-order chi connectivity index (χ0) is 27.4. The van der Waals surface area contributed by atoms with Crippen LogP contribution in [-0.4, -0.2) is 19.5 Å². The summed E-state index contributed by atoms with van der Waals surface area (Å²) in [6.45, 7) is 18.1. The van der Waals surface area contributed by atoms with Crippen LogP contribution in [-0.2, 0) is 0 Å². The number of hydrogen-bond donors (Lipinski definition) is 0. The lowest BCUT2D eigenvalue weighted by molar-refractivity contribution is 0.932. The van der Waals surface area contributed by atoms with Crippen molar-refractivity contribution in [1.82, 2.24) is 19.5 Å². The lowest BCUT2D eigenvalue weighted by Gasteiger charge is -2.11. The fourth-order valence-electron chi connectivity index (χ4n) is 4.62. The van der Waals surface area contributed by atoms with Crippen LogP contribution in [0.15, 0.2) is 135 Å². The highest BCUT2D eigenvalue weighted by Crippen LogP contribution is 2.34. The van der Waals surface area contributed by atoms with Crippen LogP contribution in [0.4, 0.5) is 0 Å². The van der Waals surface area contributed by atoms with Crippen LogP contribution in [0, 0.1) is 0 Å². The smallest absolute Gasteiger partial charge is 0.238 e. The molecule has 2 aromatic heterocycles. The van der Waals surface area contributed by atoms with Gasteiger partial charge in [0.25, 0.3) is 0 Å². The molecule has 0 atom stereocenters. The highest BCUT2D eigenvalue weighted by molar-refractivity contribution is 6.10. The van der Waals surface area contributed by atoms with E-state index in [1.807, 2.05) is 48.6 Å². The second-order valence-corrected chi connectivity index (χ2v) is 9.11. The molecule has 4 nitrogen and oxygen atoms in total. The standard InChI is InChI=1S/C35H30N4/c1-6-15-25(8-3)33-36-34(27-16-11-10-12-17-27)38-35(37-33)39-31-19-14-13-18-29(31)30-23-28(20-21-32(30)39)26(9-4)22-24(5)7-2/h6,8-23H,1,3-5,7H2,2H3/b25-15+,26-22+. The summed E-state index contributed by atoms with van der Waals surface area (Å²) >= 11 is 0. The van der Waals surface area contributed by atoms with Gasteiger partial charge in [-0.1, -0.05) is 124 Å². The normalized spacial score (nSPS) is 12.0. The largest absolute Gasteiger partial charge is 0.278 e. The van der Waals surface area contributed by atoms with Gasteiger partial charge in [0.1, 0.15) is 0 Å². The van der Waals surface area contributed by atoms with Crippen LogP contribution in [0.5, 0.6) is 0 Å². The zero-order valence-electron chi connectivity index (χ0n) is 22.1. The molecule has 190 valence electrons. The van der Waals surface area contributed by atoms with Crippen LogP contribution < -0.4 is 0 Å². The van der Waals surface area contributed by atoms with Crippen molar-refractivity contribution >= 4 is 33.0 Å². The number of allylic oxidation sites excluding steroid dienone is 8. The molecule has 0 aliphatic heterocycles. The van der Waals surface area contributed by atoms with E-state index in [0.717, 1.165) is 56.1 Å². The summed E-state index contributed by atoms with van der Waals surface area (Å²) in [4.78, 5) is 14.7. The van der Waals surface area contributed by atoms with Crippen molar-refractivity contribution in [2.24, 2.45) is 0 Å². The highest BCUT2D eigenvalue weighted by atomic mass is 15.2. The van der Waals surface area contributed by atoms with Crippen LogP contribution in [0.2, 0.25) is 0 Å². The first-order chi connectivity index (χ1) is 19.1. The van der Waals surface area contributed by atoms with E-state index < -0.39 is 0 Å². The summed E-state index contributed by atoms with van der Waals surface area (Å²) in [5.41, 5.74) is 6.87. The maximum Gasteiger partial charge on any atom is 0.238 e. The van der Waals surface area contributed by atoms with E-state index in [4.69, 9.17) is 15.0 Å². The molecule has 0 radical (unpaired) electrons. The quantitative estimate of drug-likeness (QED) is 0.187. The molecule has 0 N–H and O–H groups in total. The van der Waals surface area contributed by atoms with Crippen molar-refractivity contribution in [3.05, 3.63) is 146 Å². The van der Waals surface area contributed by atoms with Gasteiger partial charge in [-0.05, 0) is 35.8 Å². The Balaban J connectivity index is 1.81.